The van der Waals surface area contributed by atoms with Crippen LogP contribution in [0, 0.1) is 6.92 Å². The number of nitrogens with zero attached hydrogens (tertiary/aromatic N) is 2. The Labute approximate surface area is 128 Å². The van der Waals surface area contributed by atoms with Crippen molar-refractivity contribution in [3.63, 3.8) is 0 Å². The number of rotatable bonds is 3. The fourth-order valence-corrected chi connectivity index (χ4v) is 2.40. The average molecular weight is 290 g/mol. The third kappa shape index (κ3) is 2.59. The number of aromatic carboxylic acids is 1. The summed E-state index contributed by atoms with van der Waals surface area (Å²) in [6.07, 6.45) is 4.81. The summed E-state index contributed by atoms with van der Waals surface area (Å²) in [4.78, 5) is 19.8. The molecule has 1 N–H and O–H groups in total. The molecule has 108 valence electrons. The van der Waals surface area contributed by atoms with Gasteiger partial charge in [-0.1, -0.05) is 24.3 Å². The molecule has 0 unspecified atom stereocenters. The molecule has 2 heterocycles. The lowest BCUT2D eigenvalue weighted by molar-refractivity contribution is 0.0697. The van der Waals surface area contributed by atoms with Crippen LogP contribution in [0.3, 0.4) is 0 Å². The normalized spacial score (nSPS) is 10.4. The van der Waals surface area contributed by atoms with Crippen molar-refractivity contribution >= 4 is 5.97 Å². The molecule has 0 saturated carbocycles. The maximum atomic E-state index is 11.5. The van der Waals surface area contributed by atoms with Gasteiger partial charge in [0.1, 0.15) is 0 Å². The van der Waals surface area contributed by atoms with Crippen molar-refractivity contribution in [2.24, 2.45) is 0 Å². The fraction of sp³-hybridized carbons (Fsp3) is 0.0556. The summed E-state index contributed by atoms with van der Waals surface area (Å²) in [5.41, 5.74) is 4.34. The summed E-state index contributed by atoms with van der Waals surface area (Å²) in [7, 11) is 0. The van der Waals surface area contributed by atoms with Gasteiger partial charge >= 0.3 is 5.97 Å². The minimum absolute atomic E-state index is 0.196. The molecule has 4 nitrogen and oxygen atoms in total. The molecule has 0 amide bonds. The molecule has 0 spiro atoms. The number of carboxylic acids is 1. The van der Waals surface area contributed by atoms with E-state index in [4.69, 9.17) is 0 Å². The second kappa shape index (κ2) is 5.77. The summed E-state index contributed by atoms with van der Waals surface area (Å²) in [6.45, 7) is 1.96. The largest absolute Gasteiger partial charge is 0.478 e. The summed E-state index contributed by atoms with van der Waals surface area (Å²) in [5.74, 6) is -0.983. The van der Waals surface area contributed by atoms with Crippen LogP contribution in [0.5, 0.6) is 0 Å². The highest BCUT2D eigenvalue weighted by atomic mass is 16.4. The molecule has 2 aromatic heterocycles. The predicted molar refractivity (Wildman–Crippen MR) is 84.6 cm³/mol. The molecule has 0 aliphatic rings. The van der Waals surface area contributed by atoms with Crippen LogP contribution < -0.4 is 0 Å². The van der Waals surface area contributed by atoms with Crippen LogP contribution in [0.2, 0.25) is 0 Å². The Bertz CT molecular complexity index is 830. The molecule has 3 rings (SSSR count). The minimum atomic E-state index is -0.983. The topological polar surface area (TPSA) is 63.1 Å². The third-order valence-corrected chi connectivity index (χ3v) is 3.53. The molecule has 0 radical (unpaired) electrons. The zero-order chi connectivity index (χ0) is 15.5. The van der Waals surface area contributed by atoms with Crippen LogP contribution in [0.1, 0.15) is 15.9 Å². The molecule has 0 atom stereocenters. The Balaban J connectivity index is 2.22. The van der Waals surface area contributed by atoms with E-state index < -0.39 is 5.97 Å². The molecule has 22 heavy (non-hydrogen) atoms. The first kappa shape index (κ1) is 13.9. The Hall–Kier alpha value is -3.01. The molecule has 0 saturated heterocycles. The van der Waals surface area contributed by atoms with Gasteiger partial charge in [-0.2, -0.15) is 0 Å². The zero-order valence-electron chi connectivity index (χ0n) is 12.0. The number of benzene rings is 1. The number of aryl methyl sites for hydroxylation is 1. The van der Waals surface area contributed by atoms with Gasteiger partial charge in [0.05, 0.1) is 11.3 Å². The highest BCUT2D eigenvalue weighted by Crippen LogP contribution is 2.30. The van der Waals surface area contributed by atoms with Gasteiger partial charge < -0.3 is 5.11 Å². The number of pyridine rings is 2. The van der Waals surface area contributed by atoms with Crippen LogP contribution in [-0.4, -0.2) is 21.0 Å². The molecule has 4 heteroatoms. The van der Waals surface area contributed by atoms with Crippen molar-refractivity contribution in [3.05, 3.63) is 72.2 Å². The molecule has 1 aromatic carbocycles. The highest BCUT2D eigenvalue weighted by Gasteiger charge is 2.15. The third-order valence-electron chi connectivity index (χ3n) is 3.53. The van der Waals surface area contributed by atoms with E-state index in [1.807, 2.05) is 49.4 Å². The molecular weight excluding hydrogens is 276 g/mol. The molecule has 0 fully saturated rings. The Kier molecular flexibility index (Phi) is 3.66. The minimum Gasteiger partial charge on any atom is -0.478 e. The lowest BCUT2D eigenvalue weighted by Gasteiger charge is -2.11. The van der Waals surface area contributed by atoms with E-state index in [1.165, 1.54) is 6.20 Å². The van der Waals surface area contributed by atoms with Crippen LogP contribution in [-0.2, 0) is 0 Å². The molecule has 3 aromatic rings. The number of hydrogen-bond acceptors (Lipinski definition) is 3. The predicted octanol–water partition coefficient (Wildman–Crippen LogP) is 3.82. The van der Waals surface area contributed by atoms with Crippen molar-refractivity contribution in [1.29, 1.82) is 0 Å². The maximum absolute atomic E-state index is 11.5. The average Bonchev–Trinajstić information content (AvgIpc) is 2.55. The summed E-state index contributed by atoms with van der Waals surface area (Å²) in [5, 5.41) is 9.43. The Morgan fingerprint density at radius 3 is 2.55 bits per heavy atom. The number of carbonyl (C=O) groups is 1. The van der Waals surface area contributed by atoms with E-state index in [-0.39, 0.29) is 5.56 Å². The Morgan fingerprint density at radius 1 is 1.05 bits per heavy atom. The highest BCUT2D eigenvalue weighted by molar-refractivity contribution is 5.97. The monoisotopic (exact) mass is 290 g/mol. The van der Waals surface area contributed by atoms with Gasteiger partial charge in [0.15, 0.2) is 0 Å². The van der Waals surface area contributed by atoms with Crippen LogP contribution in [0.4, 0.5) is 0 Å². The van der Waals surface area contributed by atoms with E-state index in [0.29, 0.717) is 11.3 Å². The van der Waals surface area contributed by atoms with Crippen molar-refractivity contribution in [2.75, 3.05) is 0 Å². The number of aromatic nitrogens is 2. The van der Waals surface area contributed by atoms with Gasteiger partial charge in [-0.3, -0.25) is 9.97 Å². The molecule has 0 aliphatic heterocycles. The SMILES string of the molecule is Cc1ccccc1-c1cc(-c2cccnc2)ncc1C(=O)O. The first-order chi connectivity index (χ1) is 10.7. The summed E-state index contributed by atoms with van der Waals surface area (Å²) < 4.78 is 0. The van der Waals surface area contributed by atoms with Gasteiger partial charge in [-0.15, -0.1) is 0 Å². The van der Waals surface area contributed by atoms with Crippen molar-refractivity contribution in [1.82, 2.24) is 9.97 Å². The Morgan fingerprint density at radius 2 is 1.86 bits per heavy atom. The van der Waals surface area contributed by atoms with E-state index in [0.717, 1.165) is 16.7 Å². The summed E-state index contributed by atoms with van der Waals surface area (Å²) in [6, 6.07) is 13.3. The standard InChI is InChI=1S/C18H14N2O2/c1-12-5-2-3-7-14(12)15-9-17(13-6-4-8-19-10-13)20-11-16(15)18(21)22/h2-11H,1H3,(H,21,22). The van der Waals surface area contributed by atoms with Crippen molar-refractivity contribution in [2.45, 2.75) is 6.92 Å². The van der Waals surface area contributed by atoms with E-state index >= 15 is 0 Å². The first-order valence-electron chi connectivity index (χ1n) is 6.86. The summed E-state index contributed by atoms with van der Waals surface area (Å²) >= 11 is 0. The molecule has 0 bridgehead atoms. The van der Waals surface area contributed by atoms with Crippen LogP contribution in [0.15, 0.2) is 61.1 Å². The smallest absolute Gasteiger partial charge is 0.337 e. The lowest BCUT2D eigenvalue weighted by Crippen LogP contribution is -2.02. The van der Waals surface area contributed by atoms with Gasteiger partial charge in [0, 0.05) is 29.7 Å². The van der Waals surface area contributed by atoms with E-state index in [1.54, 1.807) is 12.4 Å². The second-order valence-electron chi connectivity index (χ2n) is 4.98. The van der Waals surface area contributed by atoms with Gasteiger partial charge in [0.25, 0.3) is 0 Å². The van der Waals surface area contributed by atoms with Gasteiger partial charge in [0.2, 0.25) is 0 Å². The quantitative estimate of drug-likeness (QED) is 0.796. The number of carboxylic acid groups (broad SMARTS) is 1. The van der Waals surface area contributed by atoms with Crippen LogP contribution >= 0.6 is 0 Å². The van der Waals surface area contributed by atoms with E-state index in [9.17, 15) is 9.90 Å². The maximum Gasteiger partial charge on any atom is 0.337 e. The van der Waals surface area contributed by atoms with Crippen LogP contribution in [0.25, 0.3) is 22.4 Å². The van der Waals surface area contributed by atoms with Crippen molar-refractivity contribution < 1.29 is 9.90 Å². The first-order valence-corrected chi connectivity index (χ1v) is 6.86. The number of hydrogen-bond donors (Lipinski definition) is 1. The lowest BCUT2D eigenvalue weighted by atomic mass is 9.96. The zero-order valence-corrected chi connectivity index (χ0v) is 12.0. The van der Waals surface area contributed by atoms with Crippen molar-refractivity contribution in [3.8, 4) is 22.4 Å². The van der Waals surface area contributed by atoms with Gasteiger partial charge in [-0.05, 0) is 36.2 Å². The second-order valence-corrected chi connectivity index (χ2v) is 4.98. The van der Waals surface area contributed by atoms with Gasteiger partial charge in [-0.25, -0.2) is 4.79 Å². The molecular formula is C18H14N2O2. The fourth-order valence-electron chi connectivity index (χ4n) is 2.40. The van der Waals surface area contributed by atoms with E-state index in [2.05, 4.69) is 9.97 Å². The molecule has 0 aliphatic carbocycles.